The molecule has 0 amide bonds. The normalized spacial score (nSPS) is 23.2. The minimum atomic E-state index is 0.149. The zero-order chi connectivity index (χ0) is 12.3. The van der Waals surface area contributed by atoms with Crippen LogP contribution in [0.1, 0.15) is 38.3 Å². The maximum atomic E-state index is 6.30. The predicted molar refractivity (Wildman–Crippen MR) is 72.8 cm³/mol. The minimum Gasteiger partial charge on any atom is -0.323 e. The van der Waals surface area contributed by atoms with Crippen molar-refractivity contribution in [1.29, 1.82) is 0 Å². The van der Waals surface area contributed by atoms with Crippen LogP contribution in [0.4, 0.5) is 0 Å². The maximum absolute atomic E-state index is 6.30. The lowest BCUT2D eigenvalue weighted by Gasteiger charge is -2.30. The number of hydrogen-bond donors (Lipinski definition) is 1. The van der Waals surface area contributed by atoms with Crippen LogP contribution in [0.3, 0.4) is 0 Å². The summed E-state index contributed by atoms with van der Waals surface area (Å²) in [4.78, 5) is 2.57. The number of benzene rings is 1. The van der Waals surface area contributed by atoms with Crippen molar-refractivity contribution in [2.45, 2.75) is 38.8 Å². The highest BCUT2D eigenvalue weighted by Crippen LogP contribution is 2.25. The third-order valence-electron chi connectivity index (χ3n) is 3.84. The topological polar surface area (TPSA) is 29.3 Å². The average molecular weight is 232 g/mol. The fraction of sp³-hybridized carbons (Fsp3) is 0.600. The van der Waals surface area contributed by atoms with E-state index in [1.54, 1.807) is 0 Å². The molecule has 94 valence electrons. The van der Waals surface area contributed by atoms with Crippen LogP contribution in [-0.4, -0.2) is 24.0 Å². The molecule has 1 aromatic carbocycles. The van der Waals surface area contributed by atoms with Gasteiger partial charge in [-0.3, -0.25) is 4.90 Å². The van der Waals surface area contributed by atoms with Crippen LogP contribution in [-0.2, 0) is 0 Å². The first-order chi connectivity index (χ1) is 8.18. The third kappa shape index (κ3) is 3.08. The Kier molecular flexibility index (Phi) is 4.19. The number of nitrogens with zero attached hydrogens (tertiary/aromatic N) is 1. The molecule has 2 nitrogen and oxygen atoms in total. The van der Waals surface area contributed by atoms with Crippen LogP contribution in [0.15, 0.2) is 30.3 Å². The first-order valence-corrected chi connectivity index (χ1v) is 6.73. The lowest BCUT2D eigenvalue weighted by Crippen LogP contribution is -2.38. The van der Waals surface area contributed by atoms with E-state index in [9.17, 15) is 0 Å². The second-order valence-corrected chi connectivity index (χ2v) is 5.47. The number of hydrogen-bond acceptors (Lipinski definition) is 2. The van der Waals surface area contributed by atoms with Crippen LogP contribution in [0, 0.1) is 5.92 Å². The highest BCUT2D eigenvalue weighted by molar-refractivity contribution is 5.18. The molecule has 2 heteroatoms. The molecule has 2 atom stereocenters. The Labute approximate surface area is 105 Å². The van der Waals surface area contributed by atoms with Crippen molar-refractivity contribution in [2.75, 3.05) is 13.1 Å². The molecule has 17 heavy (non-hydrogen) atoms. The van der Waals surface area contributed by atoms with E-state index in [0.717, 1.165) is 18.5 Å². The molecule has 1 aliphatic heterocycles. The summed E-state index contributed by atoms with van der Waals surface area (Å²) in [6, 6.07) is 11.3. The molecule has 0 aliphatic carbocycles. The monoisotopic (exact) mass is 232 g/mol. The molecular weight excluding hydrogens is 208 g/mol. The van der Waals surface area contributed by atoms with Crippen molar-refractivity contribution in [3.63, 3.8) is 0 Å². The summed E-state index contributed by atoms with van der Waals surface area (Å²) < 4.78 is 0. The van der Waals surface area contributed by atoms with Crippen LogP contribution >= 0.6 is 0 Å². The van der Waals surface area contributed by atoms with Gasteiger partial charge in [-0.15, -0.1) is 0 Å². The van der Waals surface area contributed by atoms with E-state index in [2.05, 4.69) is 43.0 Å². The van der Waals surface area contributed by atoms with E-state index in [-0.39, 0.29) is 6.04 Å². The number of rotatable bonds is 4. The molecule has 1 aromatic rings. The molecule has 0 saturated carbocycles. The molecule has 1 heterocycles. The van der Waals surface area contributed by atoms with Gasteiger partial charge < -0.3 is 5.73 Å². The van der Waals surface area contributed by atoms with Gasteiger partial charge in [0.05, 0.1) is 0 Å². The molecule has 2 rings (SSSR count). The van der Waals surface area contributed by atoms with E-state index < -0.39 is 0 Å². The van der Waals surface area contributed by atoms with Crippen molar-refractivity contribution < 1.29 is 0 Å². The number of nitrogens with two attached hydrogens (primary N) is 1. The Morgan fingerprint density at radius 1 is 1.29 bits per heavy atom. The molecule has 0 bridgehead atoms. The van der Waals surface area contributed by atoms with Crippen LogP contribution in [0.25, 0.3) is 0 Å². The average Bonchev–Trinajstić information content (AvgIpc) is 2.78. The molecule has 1 aliphatic rings. The van der Waals surface area contributed by atoms with Gasteiger partial charge >= 0.3 is 0 Å². The highest BCUT2D eigenvalue weighted by Gasteiger charge is 2.28. The van der Waals surface area contributed by atoms with E-state index in [1.165, 1.54) is 24.9 Å². The quantitative estimate of drug-likeness (QED) is 0.865. The Balaban J connectivity index is 1.97. The molecule has 0 aromatic heterocycles. The summed E-state index contributed by atoms with van der Waals surface area (Å²) in [7, 11) is 0. The zero-order valence-corrected chi connectivity index (χ0v) is 11.0. The molecule has 0 radical (unpaired) electrons. The zero-order valence-electron chi connectivity index (χ0n) is 11.0. The van der Waals surface area contributed by atoms with Gasteiger partial charge in [0.25, 0.3) is 0 Å². The third-order valence-corrected chi connectivity index (χ3v) is 3.84. The minimum absolute atomic E-state index is 0.149. The van der Waals surface area contributed by atoms with E-state index in [0.29, 0.717) is 0 Å². The van der Waals surface area contributed by atoms with E-state index in [4.69, 9.17) is 5.73 Å². The predicted octanol–water partition coefficient (Wildman–Crippen LogP) is 2.81. The summed E-state index contributed by atoms with van der Waals surface area (Å²) >= 11 is 0. The molecule has 0 spiro atoms. The summed E-state index contributed by atoms with van der Waals surface area (Å²) in [5, 5.41) is 0. The highest BCUT2D eigenvalue weighted by atomic mass is 15.2. The first kappa shape index (κ1) is 12.6. The fourth-order valence-electron chi connectivity index (χ4n) is 2.89. The standard InChI is InChI=1S/C15H24N2/c1-12(2)15-9-6-10-17(15)11-14(16)13-7-4-3-5-8-13/h3-5,7-8,12,14-15H,6,9-11,16H2,1-2H3. The van der Waals surface area contributed by atoms with Gasteiger partial charge in [-0.2, -0.15) is 0 Å². The van der Waals surface area contributed by atoms with Gasteiger partial charge in [0.2, 0.25) is 0 Å². The molecular formula is C15H24N2. The van der Waals surface area contributed by atoms with Crippen molar-refractivity contribution in [3.05, 3.63) is 35.9 Å². The van der Waals surface area contributed by atoms with Gasteiger partial charge in [-0.25, -0.2) is 0 Å². The lowest BCUT2D eigenvalue weighted by atomic mass is 10.0. The lowest BCUT2D eigenvalue weighted by molar-refractivity contribution is 0.196. The fourth-order valence-corrected chi connectivity index (χ4v) is 2.89. The van der Waals surface area contributed by atoms with Crippen molar-refractivity contribution in [2.24, 2.45) is 11.7 Å². The van der Waals surface area contributed by atoms with Gasteiger partial charge in [0.15, 0.2) is 0 Å². The Morgan fingerprint density at radius 3 is 2.65 bits per heavy atom. The van der Waals surface area contributed by atoms with Crippen molar-refractivity contribution in [1.82, 2.24) is 4.90 Å². The second kappa shape index (κ2) is 5.65. The van der Waals surface area contributed by atoms with Gasteiger partial charge in [-0.05, 0) is 30.9 Å². The van der Waals surface area contributed by atoms with Crippen molar-refractivity contribution >= 4 is 0 Å². The Hall–Kier alpha value is -0.860. The summed E-state index contributed by atoms with van der Waals surface area (Å²) in [6.45, 7) is 6.84. The summed E-state index contributed by atoms with van der Waals surface area (Å²) in [5.41, 5.74) is 7.55. The van der Waals surface area contributed by atoms with E-state index in [1.807, 2.05) is 6.07 Å². The molecule has 1 saturated heterocycles. The molecule has 2 N–H and O–H groups in total. The van der Waals surface area contributed by atoms with Gasteiger partial charge in [0, 0.05) is 18.6 Å². The van der Waals surface area contributed by atoms with Gasteiger partial charge in [0.1, 0.15) is 0 Å². The largest absolute Gasteiger partial charge is 0.323 e. The Bertz CT molecular complexity index is 334. The SMILES string of the molecule is CC(C)C1CCCN1CC(N)c1ccccc1. The van der Waals surface area contributed by atoms with Crippen LogP contribution in [0.5, 0.6) is 0 Å². The summed E-state index contributed by atoms with van der Waals surface area (Å²) in [5.74, 6) is 0.737. The molecule has 2 unspecified atom stereocenters. The maximum Gasteiger partial charge on any atom is 0.0424 e. The van der Waals surface area contributed by atoms with Crippen molar-refractivity contribution in [3.8, 4) is 0 Å². The van der Waals surface area contributed by atoms with Gasteiger partial charge in [-0.1, -0.05) is 44.2 Å². The first-order valence-electron chi connectivity index (χ1n) is 6.73. The summed E-state index contributed by atoms with van der Waals surface area (Å²) in [6.07, 6.45) is 2.66. The smallest absolute Gasteiger partial charge is 0.0424 e. The number of likely N-dealkylation sites (tertiary alicyclic amines) is 1. The van der Waals surface area contributed by atoms with Crippen LogP contribution in [0.2, 0.25) is 0 Å². The second-order valence-electron chi connectivity index (χ2n) is 5.47. The molecule has 1 fully saturated rings. The van der Waals surface area contributed by atoms with Crippen LogP contribution < -0.4 is 5.73 Å². The Morgan fingerprint density at radius 2 is 2.00 bits per heavy atom. The van der Waals surface area contributed by atoms with E-state index >= 15 is 0 Å².